The van der Waals surface area contributed by atoms with Gasteiger partial charge in [-0.1, -0.05) is 48.2 Å². The minimum absolute atomic E-state index is 1.03. The predicted molar refractivity (Wildman–Crippen MR) is 59.3 cm³/mol. The van der Waals surface area contributed by atoms with E-state index in [0.29, 0.717) is 0 Å². The molecule has 0 N–H and O–H groups in total. The lowest BCUT2D eigenvalue weighted by atomic mass is 10.2. The Bertz CT molecular complexity index is 326. The van der Waals surface area contributed by atoms with E-state index in [9.17, 15) is 0 Å². The number of hydrogen-bond acceptors (Lipinski definition) is 0. The first-order valence-corrected chi connectivity index (χ1v) is 8.85. The first kappa shape index (κ1) is 8.14. The Morgan fingerprint density at radius 1 is 1.25 bits per heavy atom. The highest BCUT2D eigenvalue weighted by atomic mass is 28.4. The summed E-state index contributed by atoms with van der Waals surface area (Å²) in [7, 11) is 0.0268. The molecule has 0 atom stereocenters. The van der Waals surface area contributed by atoms with Crippen LogP contribution in [0.4, 0.5) is 0 Å². The second kappa shape index (κ2) is 2.78. The fourth-order valence-corrected chi connectivity index (χ4v) is 7.06. The molecule has 1 radical (unpaired) electrons. The maximum Gasteiger partial charge on any atom is 0.0819 e. The molecule has 1 aliphatic heterocycles. The molecule has 0 aliphatic carbocycles. The number of rotatable bonds is 0. The van der Waals surface area contributed by atoms with Crippen LogP contribution in [0.5, 0.6) is 0 Å². The third-order valence-electron chi connectivity index (χ3n) is 2.49. The van der Waals surface area contributed by atoms with Crippen LogP contribution in [0.15, 0.2) is 24.3 Å². The molecule has 12 heavy (non-hydrogen) atoms. The van der Waals surface area contributed by atoms with Crippen LogP contribution in [-0.2, 0) is 0 Å². The quantitative estimate of drug-likeness (QED) is 0.542. The van der Waals surface area contributed by atoms with Crippen molar-refractivity contribution in [3.05, 3.63) is 29.8 Å². The smallest absolute Gasteiger partial charge is 0.0745 e. The SMILES string of the molecule is C[Si]1(C)C[Si]=Cc2ccccc21. The molecular weight excluding hydrogens is 176 g/mol. The number of benzene rings is 1. The van der Waals surface area contributed by atoms with Crippen LogP contribution >= 0.6 is 0 Å². The summed E-state index contributed by atoms with van der Waals surface area (Å²) in [5.41, 5.74) is 5.37. The van der Waals surface area contributed by atoms with Gasteiger partial charge < -0.3 is 0 Å². The standard InChI is InChI=1S/C10H13Si2/c1-12(2)8-11-7-9-5-3-4-6-10(9)12/h3-7H,8H2,1-2H3. The van der Waals surface area contributed by atoms with E-state index >= 15 is 0 Å². The van der Waals surface area contributed by atoms with Crippen molar-refractivity contribution in [2.45, 2.75) is 18.8 Å². The summed E-state index contributed by atoms with van der Waals surface area (Å²) in [5.74, 6) is 0. The lowest BCUT2D eigenvalue weighted by molar-refractivity contribution is 1.62. The van der Waals surface area contributed by atoms with E-state index in [-0.39, 0.29) is 0 Å². The van der Waals surface area contributed by atoms with E-state index in [1.54, 1.807) is 5.19 Å². The van der Waals surface area contributed by atoms with Gasteiger partial charge in [0, 0.05) is 9.13 Å². The van der Waals surface area contributed by atoms with Gasteiger partial charge in [0.15, 0.2) is 0 Å². The lowest BCUT2D eigenvalue weighted by Gasteiger charge is -2.26. The maximum atomic E-state index is 2.48. The number of fused-ring (bicyclic) bond motifs is 1. The van der Waals surface area contributed by atoms with E-state index in [2.05, 4.69) is 43.0 Å². The second-order valence-electron chi connectivity index (χ2n) is 4.00. The zero-order valence-electron chi connectivity index (χ0n) is 7.59. The van der Waals surface area contributed by atoms with Gasteiger partial charge in [-0.2, -0.15) is 0 Å². The molecule has 1 aromatic carbocycles. The molecule has 61 valence electrons. The summed E-state index contributed by atoms with van der Waals surface area (Å²) in [4.78, 5) is 0. The Morgan fingerprint density at radius 2 is 2.00 bits per heavy atom. The Labute approximate surface area is 77.1 Å². The third kappa shape index (κ3) is 1.25. The van der Waals surface area contributed by atoms with Crippen LogP contribution < -0.4 is 5.19 Å². The molecule has 1 aliphatic rings. The zero-order valence-corrected chi connectivity index (χ0v) is 9.59. The fourth-order valence-electron chi connectivity index (χ4n) is 1.75. The average molecular weight is 189 g/mol. The molecule has 1 heterocycles. The molecule has 0 nitrogen and oxygen atoms in total. The molecule has 0 bridgehead atoms. The Balaban J connectivity index is 2.60. The van der Waals surface area contributed by atoms with Crippen molar-refractivity contribution < 1.29 is 0 Å². The molecule has 0 fully saturated rings. The Kier molecular flexibility index (Phi) is 1.89. The number of hydrogen-bond donors (Lipinski definition) is 0. The summed E-state index contributed by atoms with van der Waals surface area (Å²) in [5, 5.41) is 1.66. The van der Waals surface area contributed by atoms with E-state index in [1.165, 1.54) is 11.2 Å². The van der Waals surface area contributed by atoms with Gasteiger partial charge in [-0.25, -0.2) is 0 Å². The average Bonchev–Trinajstić information content (AvgIpc) is 2.04. The minimum atomic E-state index is -1.03. The molecule has 2 rings (SSSR count). The first-order valence-electron chi connectivity index (χ1n) is 4.36. The van der Waals surface area contributed by atoms with Gasteiger partial charge in [0.1, 0.15) is 0 Å². The summed E-state index contributed by atoms with van der Waals surface area (Å²) in [6.45, 7) is 4.96. The van der Waals surface area contributed by atoms with E-state index in [0.717, 1.165) is 9.13 Å². The van der Waals surface area contributed by atoms with Gasteiger partial charge in [-0.3, -0.25) is 0 Å². The van der Waals surface area contributed by atoms with Crippen molar-refractivity contribution in [1.82, 2.24) is 0 Å². The highest BCUT2D eigenvalue weighted by Gasteiger charge is 2.25. The molecule has 0 aromatic heterocycles. The third-order valence-corrected chi connectivity index (χ3v) is 9.27. The highest BCUT2D eigenvalue weighted by Crippen LogP contribution is 2.12. The van der Waals surface area contributed by atoms with Gasteiger partial charge in [0.2, 0.25) is 0 Å². The van der Waals surface area contributed by atoms with Crippen molar-refractivity contribution in [3.8, 4) is 0 Å². The van der Waals surface area contributed by atoms with Gasteiger partial charge in [0.05, 0.1) is 8.07 Å². The van der Waals surface area contributed by atoms with Crippen LogP contribution in [0.1, 0.15) is 5.56 Å². The van der Waals surface area contributed by atoms with E-state index in [4.69, 9.17) is 0 Å². The Morgan fingerprint density at radius 3 is 2.75 bits per heavy atom. The largest absolute Gasteiger partial charge is 0.0819 e. The lowest BCUT2D eigenvalue weighted by Crippen LogP contribution is -2.46. The van der Waals surface area contributed by atoms with Crippen molar-refractivity contribution in [3.63, 3.8) is 0 Å². The second-order valence-corrected chi connectivity index (χ2v) is 10.4. The van der Waals surface area contributed by atoms with Gasteiger partial charge in [-0.15, -0.1) is 0 Å². The van der Waals surface area contributed by atoms with Crippen LogP contribution in [0.2, 0.25) is 18.8 Å². The van der Waals surface area contributed by atoms with Crippen LogP contribution in [0.3, 0.4) is 0 Å². The van der Waals surface area contributed by atoms with Gasteiger partial charge in [-0.05, 0) is 11.2 Å². The van der Waals surface area contributed by atoms with Crippen molar-refractivity contribution >= 4 is 28.1 Å². The molecule has 1 aromatic rings. The van der Waals surface area contributed by atoms with E-state index < -0.39 is 8.07 Å². The molecule has 2 heteroatoms. The molecule has 0 saturated carbocycles. The van der Waals surface area contributed by atoms with Gasteiger partial charge >= 0.3 is 0 Å². The monoisotopic (exact) mass is 189 g/mol. The topological polar surface area (TPSA) is 0 Å². The van der Waals surface area contributed by atoms with Crippen LogP contribution in [0, 0.1) is 0 Å². The van der Waals surface area contributed by atoms with E-state index in [1.807, 2.05) is 0 Å². The van der Waals surface area contributed by atoms with Crippen molar-refractivity contribution in [1.29, 1.82) is 0 Å². The molecule has 0 saturated heterocycles. The van der Waals surface area contributed by atoms with Crippen molar-refractivity contribution in [2.24, 2.45) is 0 Å². The molecule has 0 amide bonds. The molecule has 0 spiro atoms. The van der Waals surface area contributed by atoms with Gasteiger partial charge in [0.25, 0.3) is 0 Å². The minimum Gasteiger partial charge on any atom is -0.0745 e. The maximum absolute atomic E-state index is 2.48. The summed E-state index contributed by atoms with van der Waals surface area (Å²) in [6.07, 6.45) is 0. The normalized spacial score (nSPS) is 18.8. The van der Waals surface area contributed by atoms with Crippen LogP contribution in [-0.4, -0.2) is 22.9 Å². The molecular formula is C10H13Si2. The zero-order chi connectivity index (χ0) is 8.60. The highest BCUT2D eigenvalue weighted by molar-refractivity contribution is 6.97. The summed E-state index contributed by atoms with van der Waals surface area (Å²) in [6, 6.07) is 8.91. The van der Waals surface area contributed by atoms with Crippen LogP contribution in [0.25, 0.3) is 0 Å². The Hall–Kier alpha value is -0.476. The van der Waals surface area contributed by atoms with Crippen molar-refractivity contribution in [2.75, 3.05) is 0 Å². The fraction of sp³-hybridized carbons (Fsp3) is 0.300. The predicted octanol–water partition coefficient (Wildman–Crippen LogP) is 1.43. The summed E-state index contributed by atoms with van der Waals surface area (Å²) < 4.78 is 0. The first-order chi connectivity index (χ1) is 5.70. The summed E-state index contributed by atoms with van der Waals surface area (Å²) >= 11 is 0. The molecule has 0 unspecified atom stereocenters.